The van der Waals surface area contributed by atoms with Gasteiger partial charge in [0.05, 0.1) is 0 Å². The monoisotopic (exact) mass is 373 g/mol. The fraction of sp³-hybridized carbons (Fsp3) is 0.278. The predicted molar refractivity (Wildman–Crippen MR) is 98.6 cm³/mol. The lowest BCUT2D eigenvalue weighted by Crippen LogP contribution is -2.31. The van der Waals surface area contributed by atoms with Crippen LogP contribution in [0.15, 0.2) is 35.3 Å². The summed E-state index contributed by atoms with van der Waals surface area (Å²) >= 11 is 7.41. The summed E-state index contributed by atoms with van der Waals surface area (Å²) in [6.45, 7) is 0.333. The van der Waals surface area contributed by atoms with E-state index in [4.69, 9.17) is 11.6 Å². The second kappa shape index (κ2) is 6.61. The first-order chi connectivity index (χ1) is 12.1. The Labute approximate surface area is 153 Å². The molecule has 2 aromatic heterocycles. The van der Waals surface area contributed by atoms with Crippen LogP contribution in [-0.4, -0.2) is 15.3 Å². The van der Waals surface area contributed by atoms with Crippen LogP contribution in [0.1, 0.15) is 39.3 Å². The third kappa shape index (κ3) is 3.07. The number of hydrogen-bond donors (Lipinski definition) is 1. The maximum Gasteiger partial charge on any atom is 0.271 e. The van der Waals surface area contributed by atoms with Gasteiger partial charge in [-0.05, 0) is 43.4 Å². The number of aryl methyl sites for hydroxylation is 2. The van der Waals surface area contributed by atoms with E-state index in [0.29, 0.717) is 16.5 Å². The lowest BCUT2D eigenvalue weighted by molar-refractivity contribution is 0.0949. The number of rotatable bonds is 3. The summed E-state index contributed by atoms with van der Waals surface area (Å²) in [4.78, 5) is 31.5. The largest absolute Gasteiger partial charge is 0.348 e. The minimum atomic E-state index is -0.405. The molecule has 1 amide bonds. The third-order valence-corrected chi connectivity index (χ3v) is 5.82. The standard InChI is InChI=1S/C18H16ClN3O2S/c19-12-7-5-11(6-8-12)9-20-16(23)13-10-21-18-22(17(13)24)14-3-1-2-4-15(14)25-18/h5-8,10H,1-4,9H2,(H,20,23). The van der Waals surface area contributed by atoms with Crippen molar-refractivity contribution in [3.05, 3.63) is 67.5 Å². The van der Waals surface area contributed by atoms with Gasteiger partial charge in [0.2, 0.25) is 0 Å². The summed E-state index contributed by atoms with van der Waals surface area (Å²) in [5.74, 6) is -0.405. The van der Waals surface area contributed by atoms with Crippen molar-refractivity contribution < 1.29 is 4.79 Å². The summed E-state index contributed by atoms with van der Waals surface area (Å²) in [7, 11) is 0. The van der Waals surface area contributed by atoms with Gasteiger partial charge >= 0.3 is 0 Å². The van der Waals surface area contributed by atoms with Crippen LogP contribution >= 0.6 is 22.9 Å². The van der Waals surface area contributed by atoms with Crippen LogP contribution in [0.25, 0.3) is 4.96 Å². The molecule has 25 heavy (non-hydrogen) atoms. The highest BCUT2D eigenvalue weighted by atomic mass is 35.5. The molecule has 0 saturated heterocycles. The van der Waals surface area contributed by atoms with Crippen molar-refractivity contribution in [3.8, 4) is 0 Å². The van der Waals surface area contributed by atoms with E-state index in [1.807, 2.05) is 12.1 Å². The average Bonchev–Trinajstić information content (AvgIpc) is 3.00. The molecule has 7 heteroatoms. The number of carbonyl (C=O) groups excluding carboxylic acids is 1. The lowest BCUT2D eigenvalue weighted by atomic mass is 10.0. The molecule has 1 aliphatic carbocycles. The topological polar surface area (TPSA) is 63.5 Å². The zero-order valence-electron chi connectivity index (χ0n) is 13.4. The Balaban J connectivity index is 1.62. The molecule has 1 aromatic carbocycles. The van der Waals surface area contributed by atoms with Gasteiger partial charge in [-0.3, -0.25) is 14.0 Å². The quantitative estimate of drug-likeness (QED) is 0.766. The molecule has 5 nitrogen and oxygen atoms in total. The minimum absolute atomic E-state index is 0.0811. The van der Waals surface area contributed by atoms with Crippen LogP contribution in [0.3, 0.4) is 0 Å². The van der Waals surface area contributed by atoms with Crippen LogP contribution in [0.4, 0.5) is 0 Å². The van der Waals surface area contributed by atoms with Gasteiger partial charge in [0, 0.05) is 28.3 Å². The van der Waals surface area contributed by atoms with Crippen LogP contribution in [-0.2, 0) is 19.4 Å². The van der Waals surface area contributed by atoms with Crippen LogP contribution < -0.4 is 10.9 Å². The molecule has 0 unspecified atom stereocenters. The Morgan fingerprint density at radius 1 is 1.24 bits per heavy atom. The van der Waals surface area contributed by atoms with Crippen LogP contribution in [0, 0.1) is 0 Å². The molecule has 0 bridgehead atoms. The molecule has 1 aliphatic rings. The predicted octanol–water partition coefficient (Wildman–Crippen LogP) is 3.22. The fourth-order valence-corrected chi connectivity index (χ4v) is 4.40. The van der Waals surface area contributed by atoms with Gasteiger partial charge in [0.15, 0.2) is 4.96 Å². The Bertz CT molecular complexity index is 1010. The summed E-state index contributed by atoms with van der Waals surface area (Å²) in [5, 5.41) is 3.42. The number of thiazole rings is 1. The third-order valence-electron chi connectivity index (χ3n) is 4.41. The van der Waals surface area contributed by atoms with Crippen molar-refractivity contribution in [3.63, 3.8) is 0 Å². The Hall–Kier alpha value is -2.18. The second-order valence-electron chi connectivity index (χ2n) is 6.08. The fourth-order valence-electron chi connectivity index (χ4n) is 3.10. The van der Waals surface area contributed by atoms with Crippen molar-refractivity contribution in [2.75, 3.05) is 0 Å². The first-order valence-corrected chi connectivity index (χ1v) is 9.38. The van der Waals surface area contributed by atoms with E-state index < -0.39 is 5.91 Å². The van der Waals surface area contributed by atoms with E-state index in [0.717, 1.165) is 36.9 Å². The number of carbonyl (C=O) groups is 1. The molecular formula is C18H16ClN3O2S. The van der Waals surface area contributed by atoms with Gasteiger partial charge < -0.3 is 5.32 Å². The van der Waals surface area contributed by atoms with Gasteiger partial charge in [-0.2, -0.15) is 0 Å². The Kier molecular flexibility index (Phi) is 4.31. The minimum Gasteiger partial charge on any atom is -0.348 e. The molecule has 0 spiro atoms. The summed E-state index contributed by atoms with van der Waals surface area (Å²) in [5.41, 5.74) is 1.74. The molecule has 0 saturated carbocycles. The first-order valence-electron chi connectivity index (χ1n) is 8.18. The number of aromatic nitrogens is 2. The number of nitrogens with zero attached hydrogens (tertiary/aromatic N) is 2. The van der Waals surface area contributed by atoms with Crippen LogP contribution in [0.2, 0.25) is 5.02 Å². The zero-order chi connectivity index (χ0) is 17.4. The molecule has 0 atom stereocenters. The molecule has 4 rings (SSSR count). The number of fused-ring (bicyclic) bond motifs is 3. The highest BCUT2D eigenvalue weighted by Crippen LogP contribution is 2.28. The smallest absolute Gasteiger partial charge is 0.271 e. The van der Waals surface area contributed by atoms with E-state index in [2.05, 4.69) is 10.3 Å². The molecule has 0 radical (unpaired) electrons. The number of benzene rings is 1. The SMILES string of the molecule is O=C(NCc1ccc(Cl)cc1)c1cnc2sc3c(n2c1=O)CCCC3. The highest BCUT2D eigenvalue weighted by Gasteiger charge is 2.21. The maximum atomic E-state index is 12.8. The van der Waals surface area contributed by atoms with Crippen molar-refractivity contribution in [1.82, 2.24) is 14.7 Å². The normalized spacial score (nSPS) is 13.6. The van der Waals surface area contributed by atoms with E-state index >= 15 is 0 Å². The lowest BCUT2D eigenvalue weighted by Gasteiger charge is -2.10. The molecular weight excluding hydrogens is 358 g/mol. The van der Waals surface area contributed by atoms with E-state index in [9.17, 15) is 9.59 Å². The number of nitrogens with one attached hydrogen (secondary N) is 1. The van der Waals surface area contributed by atoms with E-state index in [1.54, 1.807) is 27.9 Å². The van der Waals surface area contributed by atoms with Gasteiger partial charge in [-0.1, -0.05) is 23.7 Å². The Morgan fingerprint density at radius 2 is 2.00 bits per heavy atom. The molecule has 0 aliphatic heterocycles. The number of halogens is 1. The summed E-state index contributed by atoms with van der Waals surface area (Å²) in [6.07, 6.45) is 5.45. The molecule has 0 fully saturated rings. The van der Waals surface area contributed by atoms with Crippen molar-refractivity contribution in [1.29, 1.82) is 0 Å². The van der Waals surface area contributed by atoms with Gasteiger partial charge in [-0.15, -0.1) is 11.3 Å². The first kappa shape index (κ1) is 16.3. The van der Waals surface area contributed by atoms with E-state index in [-0.39, 0.29) is 11.1 Å². The van der Waals surface area contributed by atoms with Crippen molar-refractivity contribution in [2.24, 2.45) is 0 Å². The zero-order valence-corrected chi connectivity index (χ0v) is 15.0. The van der Waals surface area contributed by atoms with Crippen molar-refractivity contribution >= 4 is 33.8 Å². The highest BCUT2D eigenvalue weighted by molar-refractivity contribution is 7.17. The Morgan fingerprint density at radius 3 is 2.80 bits per heavy atom. The van der Waals surface area contributed by atoms with Crippen molar-refractivity contribution in [2.45, 2.75) is 32.2 Å². The van der Waals surface area contributed by atoms with Gasteiger partial charge in [-0.25, -0.2) is 4.98 Å². The van der Waals surface area contributed by atoms with Gasteiger partial charge in [0.25, 0.3) is 11.5 Å². The second-order valence-corrected chi connectivity index (χ2v) is 7.58. The molecule has 3 aromatic rings. The number of hydrogen-bond acceptors (Lipinski definition) is 4. The molecule has 2 heterocycles. The average molecular weight is 374 g/mol. The number of amides is 1. The summed E-state index contributed by atoms with van der Waals surface area (Å²) < 4.78 is 1.62. The van der Waals surface area contributed by atoms with Gasteiger partial charge in [0.1, 0.15) is 5.56 Å². The summed E-state index contributed by atoms with van der Waals surface area (Å²) in [6, 6.07) is 7.21. The van der Waals surface area contributed by atoms with E-state index in [1.165, 1.54) is 11.1 Å². The van der Waals surface area contributed by atoms with Crippen LogP contribution in [0.5, 0.6) is 0 Å². The molecule has 128 valence electrons. The molecule has 1 N–H and O–H groups in total. The maximum absolute atomic E-state index is 12.8.